The second kappa shape index (κ2) is 8.13. The second-order valence-corrected chi connectivity index (χ2v) is 10.5. The first-order chi connectivity index (χ1) is 18.8. The predicted octanol–water partition coefficient (Wildman–Crippen LogP) is 5.75. The summed E-state index contributed by atoms with van der Waals surface area (Å²) in [5.74, 6) is 0.949. The van der Waals surface area contributed by atoms with Gasteiger partial charge < -0.3 is 25.4 Å². The third-order valence-electron chi connectivity index (χ3n) is 8.26. The second-order valence-electron chi connectivity index (χ2n) is 10.5. The largest absolute Gasteiger partial charge is 0.494 e. The van der Waals surface area contributed by atoms with Crippen LogP contribution in [0.25, 0.3) is 27.4 Å². The van der Waals surface area contributed by atoms with E-state index in [4.69, 9.17) is 15.2 Å². The average molecular weight is 519 g/mol. The Morgan fingerprint density at radius 2 is 1.79 bits per heavy atom. The minimum absolute atomic E-state index is 0.0453. The Hall–Kier alpha value is -4.74. The van der Waals surface area contributed by atoms with E-state index in [-0.39, 0.29) is 11.8 Å². The summed E-state index contributed by atoms with van der Waals surface area (Å²) in [7, 11) is 0. The molecule has 1 saturated heterocycles. The van der Waals surface area contributed by atoms with Gasteiger partial charge in [0.1, 0.15) is 22.7 Å². The molecule has 1 fully saturated rings. The fourth-order valence-corrected chi connectivity index (χ4v) is 6.49. The number of para-hydroxylation sites is 1. The highest BCUT2D eigenvalue weighted by atomic mass is 16.5. The van der Waals surface area contributed by atoms with Crippen molar-refractivity contribution < 1.29 is 19.7 Å². The Morgan fingerprint density at radius 1 is 1.00 bits per heavy atom. The fourth-order valence-electron chi connectivity index (χ4n) is 6.49. The Morgan fingerprint density at radius 3 is 2.62 bits per heavy atom. The molecule has 3 aromatic carbocycles. The van der Waals surface area contributed by atoms with E-state index in [0.29, 0.717) is 65.3 Å². The van der Waals surface area contributed by atoms with E-state index >= 15 is 0 Å². The molecule has 2 atom stereocenters. The monoisotopic (exact) mass is 518 g/mol. The van der Waals surface area contributed by atoms with Gasteiger partial charge in [-0.25, -0.2) is 4.98 Å². The van der Waals surface area contributed by atoms with Crippen molar-refractivity contribution in [2.24, 2.45) is 0 Å². The summed E-state index contributed by atoms with van der Waals surface area (Å²) in [6, 6.07) is 22.6. The first-order valence-corrected chi connectivity index (χ1v) is 12.9. The van der Waals surface area contributed by atoms with Gasteiger partial charge >= 0.3 is 0 Å². The van der Waals surface area contributed by atoms with Crippen molar-refractivity contribution in [3.8, 4) is 29.3 Å². The Kier molecular flexibility index (Phi) is 4.87. The van der Waals surface area contributed by atoms with Crippen molar-refractivity contribution in [3.63, 3.8) is 0 Å². The van der Waals surface area contributed by atoms with Gasteiger partial charge in [-0.05, 0) is 50.1 Å². The smallest absolute Gasteiger partial charge is 0.205 e. The SMILES string of the molecule is C[C@@]12CC[C@@](CCOc3cccc4ccc(N)nc34)(O1)c1c2c(O)n(-c2ccc(C#N)c3ccccc23)c1O. The van der Waals surface area contributed by atoms with E-state index in [9.17, 15) is 15.5 Å². The van der Waals surface area contributed by atoms with Crippen molar-refractivity contribution in [2.75, 3.05) is 12.3 Å². The number of nitrogen functional groups attached to an aromatic ring is 1. The molecule has 5 aromatic rings. The van der Waals surface area contributed by atoms with Gasteiger partial charge in [0.25, 0.3) is 0 Å². The maximum atomic E-state index is 11.7. The molecule has 0 spiro atoms. The van der Waals surface area contributed by atoms with Crippen molar-refractivity contribution in [1.82, 2.24) is 9.55 Å². The zero-order valence-corrected chi connectivity index (χ0v) is 21.3. The highest BCUT2D eigenvalue weighted by Gasteiger charge is 2.61. The average Bonchev–Trinajstić information content (AvgIpc) is 3.52. The van der Waals surface area contributed by atoms with Crippen LogP contribution in [0, 0.1) is 11.3 Å². The van der Waals surface area contributed by atoms with E-state index < -0.39 is 11.2 Å². The molecule has 7 rings (SSSR count). The van der Waals surface area contributed by atoms with Crippen LogP contribution in [0.5, 0.6) is 17.5 Å². The molecule has 2 aromatic heterocycles. The van der Waals surface area contributed by atoms with Gasteiger partial charge in [-0.1, -0.05) is 36.4 Å². The van der Waals surface area contributed by atoms with Crippen LogP contribution in [-0.4, -0.2) is 26.4 Å². The van der Waals surface area contributed by atoms with E-state index in [0.717, 1.165) is 16.2 Å². The summed E-state index contributed by atoms with van der Waals surface area (Å²) in [4.78, 5) is 4.44. The van der Waals surface area contributed by atoms with Crippen molar-refractivity contribution in [3.05, 3.63) is 83.4 Å². The maximum Gasteiger partial charge on any atom is 0.205 e. The van der Waals surface area contributed by atoms with Crippen LogP contribution in [0.3, 0.4) is 0 Å². The third-order valence-corrected chi connectivity index (χ3v) is 8.26. The predicted molar refractivity (Wildman–Crippen MR) is 147 cm³/mol. The number of aromatic nitrogens is 2. The number of anilines is 1. The third kappa shape index (κ3) is 3.23. The van der Waals surface area contributed by atoms with Crippen LogP contribution in [0.15, 0.2) is 66.7 Å². The fraction of sp³-hybridized carbons (Fsp3) is 0.226. The van der Waals surface area contributed by atoms with Gasteiger partial charge in [-0.15, -0.1) is 0 Å². The zero-order valence-electron chi connectivity index (χ0n) is 21.3. The Balaban J connectivity index is 1.28. The number of nitrogens with two attached hydrogens (primary N) is 1. The molecule has 0 radical (unpaired) electrons. The molecule has 39 heavy (non-hydrogen) atoms. The summed E-state index contributed by atoms with van der Waals surface area (Å²) < 4.78 is 14.3. The number of pyridine rings is 1. The quantitative estimate of drug-likeness (QED) is 0.270. The van der Waals surface area contributed by atoms with Gasteiger partial charge in [0.2, 0.25) is 11.8 Å². The lowest BCUT2D eigenvalue weighted by Crippen LogP contribution is -2.25. The van der Waals surface area contributed by atoms with Gasteiger partial charge in [0.15, 0.2) is 0 Å². The van der Waals surface area contributed by atoms with Crippen LogP contribution in [0.4, 0.5) is 5.82 Å². The molecule has 4 N–H and O–H groups in total. The summed E-state index contributed by atoms with van der Waals surface area (Å²) in [6.45, 7) is 2.27. The lowest BCUT2D eigenvalue weighted by molar-refractivity contribution is -0.0875. The van der Waals surface area contributed by atoms with Crippen LogP contribution in [0.2, 0.25) is 0 Å². The Bertz CT molecular complexity index is 1860. The van der Waals surface area contributed by atoms with E-state index in [1.54, 1.807) is 18.2 Å². The lowest BCUT2D eigenvalue weighted by atomic mass is 9.78. The first kappa shape index (κ1) is 23.4. The van der Waals surface area contributed by atoms with Gasteiger partial charge in [-0.3, -0.25) is 4.57 Å². The number of nitriles is 1. The number of rotatable bonds is 5. The molecule has 2 bridgehead atoms. The van der Waals surface area contributed by atoms with Crippen molar-refractivity contribution in [2.45, 2.75) is 37.4 Å². The standard InChI is InChI=1S/C31H26N4O4/c1-30-13-14-31(39-30,15-16-38-23-8-4-5-18-10-12-24(33)34-27(18)23)26-25(30)28(36)35(29(26)37)22-11-9-19(17-32)20-6-2-3-7-21(20)22/h2-12,36-37H,13-16H2,1H3,(H2,33,34)/t30-,31-/m0/s1. The molecule has 4 heterocycles. The highest BCUT2D eigenvalue weighted by molar-refractivity contribution is 5.95. The first-order valence-electron chi connectivity index (χ1n) is 12.9. The number of benzene rings is 3. The number of nitrogens with zero attached hydrogens (tertiary/aromatic N) is 3. The number of ether oxygens (including phenoxy) is 2. The minimum Gasteiger partial charge on any atom is -0.494 e. The maximum absolute atomic E-state index is 11.7. The van der Waals surface area contributed by atoms with E-state index in [1.807, 2.05) is 55.5 Å². The molecule has 0 aliphatic carbocycles. The topological polar surface area (TPSA) is 127 Å². The van der Waals surface area contributed by atoms with Crippen molar-refractivity contribution >= 4 is 27.5 Å². The van der Waals surface area contributed by atoms with E-state index in [1.165, 1.54) is 4.57 Å². The molecule has 8 heteroatoms. The molecule has 8 nitrogen and oxygen atoms in total. The zero-order chi connectivity index (χ0) is 26.9. The number of hydrogen-bond acceptors (Lipinski definition) is 7. The minimum atomic E-state index is -0.809. The van der Waals surface area contributed by atoms with Gasteiger partial charge in [-0.2, -0.15) is 5.26 Å². The number of aromatic hydroxyl groups is 2. The normalized spacial score (nSPS) is 21.3. The molecule has 0 amide bonds. The summed E-state index contributed by atoms with van der Waals surface area (Å²) in [6.07, 6.45) is 1.86. The molecular formula is C31H26N4O4. The molecule has 0 saturated carbocycles. The van der Waals surface area contributed by atoms with E-state index in [2.05, 4.69) is 11.1 Å². The van der Waals surface area contributed by atoms with Crippen molar-refractivity contribution in [1.29, 1.82) is 5.26 Å². The summed E-state index contributed by atoms with van der Waals surface area (Å²) in [5.41, 5.74) is 7.40. The molecule has 0 unspecified atom stereocenters. The van der Waals surface area contributed by atoms with Gasteiger partial charge in [0, 0.05) is 22.6 Å². The van der Waals surface area contributed by atoms with Crippen LogP contribution < -0.4 is 10.5 Å². The Labute approximate surface area is 224 Å². The summed E-state index contributed by atoms with van der Waals surface area (Å²) >= 11 is 0. The van der Waals surface area contributed by atoms with Crippen LogP contribution in [0.1, 0.15) is 42.9 Å². The van der Waals surface area contributed by atoms with Crippen LogP contribution in [-0.2, 0) is 15.9 Å². The molecule has 194 valence electrons. The molecular weight excluding hydrogens is 492 g/mol. The molecule has 2 aliphatic heterocycles. The number of hydrogen-bond donors (Lipinski definition) is 3. The molecule has 2 aliphatic rings. The highest BCUT2D eigenvalue weighted by Crippen LogP contribution is 2.65. The number of fused-ring (bicyclic) bond motifs is 7. The summed E-state index contributed by atoms with van der Waals surface area (Å²) in [5, 5.41) is 35.2. The van der Waals surface area contributed by atoms with Crippen LogP contribution >= 0.6 is 0 Å². The lowest BCUT2D eigenvalue weighted by Gasteiger charge is -2.26. The van der Waals surface area contributed by atoms with Gasteiger partial charge in [0.05, 0.1) is 40.7 Å².